The lowest BCUT2D eigenvalue weighted by atomic mass is 10.1. The number of nitrogens with zero attached hydrogens (tertiary/aromatic N) is 3. The lowest BCUT2D eigenvalue weighted by Gasteiger charge is -2.26. The molecule has 7 nitrogen and oxygen atoms in total. The fraction of sp³-hybridized carbons (Fsp3) is 0.778. The van der Waals surface area contributed by atoms with Gasteiger partial charge in [-0.05, 0) is 76.6 Å². The quantitative estimate of drug-likeness (QED) is 0.262. The fourth-order valence-corrected chi connectivity index (χ4v) is 2.79. The number of piperidine rings is 1. The molecule has 0 aromatic heterocycles. The number of likely N-dealkylation sites (tertiary alicyclic amines) is 1. The molecule has 27 heavy (non-hydrogen) atoms. The molecule has 0 amide bonds. The maximum absolute atomic E-state index is 5.27. The van der Waals surface area contributed by atoms with Crippen LogP contribution < -0.4 is 21.5 Å². The van der Waals surface area contributed by atoms with E-state index in [-0.39, 0.29) is 0 Å². The van der Waals surface area contributed by atoms with Crippen molar-refractivity contribution in [2.75, 3.05) is 32.7 Å². The molecule has 1 heterocycles. The van der Waals surface area contributed by atoms with E-state index in [9.17, 15) is 0 Å². The summed E-state index contributed by atoms with van der Waals surface area (Å²) in [7, 11) is 0. The molecule has 1 saturated heterocycles. The second-order valence-corrected chi connectivity index (χ2v) is 8.03. The normalized spacial score (nSPS) is 16.2. The predicted molar refractivity (Wildman–Crippen MR) is 123 cm³/mol. The first-order chi connectivity index (χ1) is 12.9. The fourth-order valence-electron chi connectivity index (χ4n) is 2.50. The minimum Gasteiger partial charge on any atom is -0.361 e. The minimum absolute atomic E-state index is 0.519. The van der Waals surface area contributed by atoms with Gasteiger partial charge in [0.2, 0.25) is 0 Å². The van der Waals surface area contributed by atoms with E-state index in [0.29, 0.717) is 16.1 Å². The molecule has 0 aromatic rings. The zero-order chi connectivity index (χ0) is 20.1. The van der Waals surface area contributed by atoms with Gasteiger partial charge in [-0.1, -0.05) is 20.3 Å². The molecule has 0 aromatic carbocycles. The van der Waals surface area contributed by atoms with E-state index in [1.807, 2.05) is 13.8 Å². The topological polar surface area (TPSA) is 76.1 Å². The highest BCUT2D eigenvalue weighted by Gasteiger charge is 2.09. The first kappa shape index (κ1) is 23.7. The van der Waals surface area contributed by atoms with Crippen LogP contribution in [0.4, 0.5) is 0 Å². The second-order valence-electron chi connectivity index (χ2n) is 7.21. The van der Waals surface area contributed by atoms with Crippen LogP contribution in [-0.4, -0.2) is 59.3 Å². The van der Waals surface area contributed by atoms with Crippen LogP contribution in [0.15, 0.2) is 10.2 Å². The highest BCUT2D eigenvalue weighted by Crippen LogP contribution is 2.07. The number of hydrogen-bond acceptors (Lipinski definition) is 5. The van der Waals surface area contributed by atoms with Crippen LogP contribution in [0.3, 0.4) is 0 Å². The zero-order valence-corrected chi connectivity index (χ0v) is 18.7. The van der Waals surface area contributed by atoms with E-state index in [2.05, 4.69) is 50.4 Å². The summed E-state index contributed by atoms with van der Waals surface area (Å²) >= 11 is 10.5. The van der Waals surface area contributed by atoms with Crippen LogP contribution in [0.1, 0.15) is 53.4 Å². The van der Waals surface area contributed by atoms with E-state index in [1.165, 1.54) is 32.4 Å². The van der Waals surface area contributed by atoms with Gasteiger partial charge in [0.05, 0.1) is 11.4 Å². The molecule has 154 valence electrons. The standard InChI is InChI=1S/C18H35N7S2/c1-14(2)8-9-19-17(26)23-21-15(3)16(4)22-24-18(27)20-10-13-25-11-6-5-7-12-25/h14H,5-13H2,1-4H3,(H2,19,23,26)(H2,20,24,27)/b21-15+,22-16+. The van der Waals surface area contributed by atoms with Gasteiger partial charge in [-0.25, -0.2) is 0 Å². The summed E-state index contributed by atoms with van der Waals surface area (Å²) < 4.78 is 0. The Morgan fingerprint density at radius 3 is 1.93 bits per heavy atom. The van der Waals surface area contributed by atoms with E-state index in [1.54, 1.807) is 0 Å². The van der Waals surface area contributed by atoms with Crippen molar-refractivity contribution < 1.29 is 0 Å². The SMILES string of the molecule is CC(=N\NC(=S)NCCC(C)C)/C(C)=N/NC(=S)NCCN1CCCCC1. The number of rotatable bonds is 9. The summed E-state index contributed by atoms with van der Waals surface area (Å²) in [6.45, 7) is 13.2. The van der Waals surface area contributed by atoms with Crippen molar-refractivity contribution in [1.82, 2.24) is 26.4 Å². The van der Waals surface area contributed by atoms with Crippen LogP contribution in [0.5, 0.6) is 0 Å². The van der Waals surface area contributed by atoms with Crippen LogP contribution in [0.2, 0.25) is 0 Å². The van der Waals surface area contributed by atoms with Gasteiger partial charge in [0.1, 0.15) is 0 Å². The number of hydrazone groups is 2. The summed E-state index contributed by atoms with van der Waals surface area (Å²) in [6.07, 6.45) is 5.02. The van der Waals surface area contributed by atoms with Gasteiger partial charge in [-0.15, -0.1) is 0 Å². The average Bonchev–Trinajstić information content (AvgIpc) is 2.64. The molecule has 0 saturated carbocycles. The molecule has 0 radical (unpaired) electrons. The van der Waals surface area contributed by atoms with Gasteiger partial charge < -0.3 is 15.5 Å². The van der Waals surface area contributed by atoms with Crippen LogP contribution >= 0.6 is 24.4 Å². The summed E-state index contributed by atoms with van der Waals surface area (Å²) in [5.41, 5.74) is 7.19. The van der Waals surface area contributed by atoms with E-state index in [0.717, 1.165) is 37.5 Å². The van der Waals surface area contributed by atoms with Crippen molar-refractivity contribution >= 4 is 46.1 Å². The molecule has 9 heteroatoms. The van der Waals surface area contributed by atoms with Gasteiger partial charge in [0.25, 0.3) is 0 Å². The molecule has 1 aliphatic heterocycles. The number of hydrogen-bond donors (Lipinski definition) is 4. The maximum Gasteiger partial charge on any atom is 0.187 e. The molecule has 0 aliphatic carbocycles. The Bertz CT molecular complexity index is 526. The van der Waals surface area contributed by atoms with Gasteiger partial charge >= 0.3 is 0 Å². The first-order valence-electron chi connectivity index (χ1n) is 9.77. The summed E-state index contributed by atoms with van der Waals surface area (Å²) in [5.74, 6) is 0.642. The van der Waals surface area contributed by atoms with Crippen LogP contribution in [-0.2, 0) is 0 Å². The molecular weight excluding hydrogens is 378 g/mol. The first-order valence-corrected chi connectivity index (χ1v) is 10.6. The highest BCUT2D eigenvalue weighted by molar-refractivity contribution is 7.80. The van der Waals surface area contributed by atoms with Crippen molar-refractivity contribution in [1.29, 1.82) is 0 Å². The van der Waals surface area contributed by atoms with Crippen LogP contribution in [0, 0.1) is 5.92 Å². The average molecular weight is 414 g/mol. The Hall–Kier alpha value is -1.32. The summed E-state index contributed by atoms with van der Waals surface area (Å²) in [4.78, 5) is 2.47. The Labute approximate surface area is 174 Å². The third-order valence-corrected chi connectivity index (χ3v) is 4.81. The van der Waals surface area contributed by atoms with Gasteiger partial charge in [-0.2, -0.15) is 10.2 Å². The summed E-state index contributed by atoms with van der Waals surface area (Å²) in [5, 5.41) is 15.9. The summed E-state index contributed by atoms with van der Waals surface area (Å²) in [6, 6.07) is 0. The molecule has 4 N–H and O–H groups in total. The zero-order valence-electron chi connectivity index (χ0n) is 17.1. The molecule has 0 spiro atoms. The van der Waals surface area contributed by atoms with Crippen molar-refractivity contribution in [3.8, 4) is 0 Å². The van der Waals surface area contributed by atoms with Gasteiger partial charge in [0, 0.05) is 19.6 Å². The largest absolute Gasteiger partial charge is 0.361 e. The lowest BCUT2D eigenvalue weighted by Crippen LogP contribution is -2.40. The Kier molecular flexibility index (Phi) is 12.1. The van der Waals surface area contributed by atoms with Gasteiger partial charge in [-0.3, -0.25) is 10.9 Å². The smallest absolute Gasteiger partial charge is 0.187 e. The van der Waals surface area contributed by atoms with E-state index in [4.69, 9.17) is 24.4 Å². The predicted octanol–water partition coefficient (Wildman–Crippen LogP) is 2.20. The van der Waals surface area contributed by atoms with Crippen molar-refractivity contribution in [3.63, 3.8) is 0 Å². The number of thiocarbonyl (C=S) groups is 2. The van der Waals surface area contributed by atoms with Crippen molar-refractivity contribution in [2.24, 2.45) is 16.1 Å². The minimum atomic E-state index is 0.519. The molecule has 1 aliphatic rings. The Balaban J connectivity index is 2.23. The molecular formula is C18H35N7S2. The number of nitrogens with one attached hydrogen (secondary N) is 4. The van der Waals surface area contributed by atoms with Crippen molar-refractivity contribution in [3.05, 3.63) is 0 Å². The monoisotopic (exact) mass is 413 g/mol. The molecule has 1 fully saturated rings. The third-order valence-electron chi connectivity index (χ3n) is 4.34. The Morgan fingerprint density at radius 1 is 0.889 bits per heavy atom. The lowest BCUT2D eigenvalue weighted by molar-refractivity contribution is 0.232. The highest BCUT2D eigenvalue weighted by atomic mass is 32.1. The van der Waals surface area contributed by atoms with E-state index < -0.39 is 0 Å². The molecule has 0 unspecified atom stereocenters. The molecule has 0 atom stereocenters. The molecule has 1 rings (SSSR count). The molecule has 0 bridgehead atoms. The van der Waals surface area contributed by atoms with Crippen LogP contribution in [0.25, 0.3) is 0 Å². The second kappa shape index (κ2) is 13.8. The maximum atomic E-state index is 5.27. The third kappa shape index (κ3) is 11.9. The van der Waals surface area contributed by atoms with Gasteiger partial charge in [0.15, 0.2) is 10.2 Å². The van der Waals surface area contributed by atoms with E-state index >= 15 is 0 Å². The Morgan fingerprint density at radius 2 is 1.41 bits per heavy atom. The van der Waals surface area contributed by atoms with Crippen molar-refractivity contribution in [2.45, 2.75) is 53.4 Å².